The minimum absolute atomic E-state index is 0.0205. The number of nitrogens with one attached hydrogen (secondary N) is 1. The molecule has 3 rings (SSSR count). The zero-order valence-electron chi connectivity index (χ0n) is 18.1. The number of carbonyl (C=O) groups is 1. The number of hydrogen-bond donors (Lipinski definition) is 1. The lowest BCUT2D eigenvalue weighted by Gasteiger charge is -2.24. The van der Waals surface area contributed by atoms with Crippen LogP contribution in [0.2, 0.25) is 5.02 Å². The van der Waals surface area contributed by atoms with Gasteiger partial charge in [0.2, 0.25) is 5.88 Å². The van der Waals surface area contributed by atoms with Crippen molar-refractivity contribution < 1.29 is 17.9 Å². The average Bonchev–Trinajstić information content (AvgIpc) is 2.82. The number of amides is 1. The highest BCUT2D eigenvalue weighted by Gasteiger charge is 2.26. The summed E-state index contributed by atoms with van der Waals surface area (Å²) in [6, 6.07) is 16.0. The molecule has 1 aromatic heterocycles. The van der Waals surface area contributed by atoms with Crippen molar-refractivity contribution in [2.75, 3.05) is 17.5 Å². The van der Waals surface area contributed by atoms with Crippen LogP contribution in [0.5, 0.6) is 5.88 Å². The molecule has 33 heavy (non-hydrogen) atoms. The number of benzene rings is 2. The largest absolute Gasteiger partial charge is 0.478 e. The number of aromatic nitrogens is 1. The van der Waals surface area contributed by atoms with Gasteiger partial charge in [0.1, 0.15) is 0 Å². The summed E-state index contributed by atoms with van der Waals surface area (Å²) in [5, 5.41) is 3.08. The molecule has 0 radical (unpaired) electrons. The molecular formula is C24H24ClN3O4S. The zero-order valence-corrected chi connectivity index (χ0v) is 19.6. The summed E-state index contributed by atoms with van der Waals surface area (Å²) < 4.78 is 33.3. The molecule has 0 saturated heterocycles. The third-order valence-electron chi connectivity index (χ3n) is 4.64. The van der Waals surface area contributed by atoms with E-state index < -0.39 is 15.9 Å². The Hall–Kier alpha value is -3.36. The van der Waals surface area contributed by atoms with Crippen molar-refractivity contribution in [3.05, 3.63) is 95.7 Å². The van der Waals surface area contributed by atoms with Crippen molar-refractivity contribution in [1.29, 1.82) is 0 Å². The smallest absolute Gasteiger partial charge is 0.264 e. The molecule has 1 heterocycles. The number of anilines is 1. The van der Waals surface area contributed by atoms with Crippen molar-refractivity contribution in [3.8, 4) is 5.88 Å². The van der Waals surface area contributed by atoms with Gasteiger partial charge in [-0.3, -0.25) is 9.10 Å². The molecule has 0 saturated carbocycles. The van der Waals surface area contributed by atoms with Crippen LogP contribution in [-0.4, -0.2) is 32.5 Å². The van der Waals surface area contributed by atoms with Crippen LogP contribution in [0.1, 0.15) is 22.8 Å². The molecule has 3 aromatic rings. The zero-order chi connectivity index (χ0) is 23.8. The summed E-state index contributed by atoms with van der Waals surface area (Å²) >= 11 is 6.24. The number of carbonyl (C=O) groups excluding carboxylic acids is 1. The number of rotatable bonds is 10. The third kappa shape index (κ3) is 5.91. The second-order valence-electron chi connectivity index (χ2n) is 6.92. The number of ether oxygens (including phenoxy) is 1. The maximum absolute atomic E-state index is 13.4. The Balaban J connectivity index is 1.82. The predicted molar refractivity (Wildman–Crippen MR) is 129 cm³/mol. The normalized spacial score (nSPS) is 11.0. The molecule has 0 aliphatic heterocycles. The van der Waals surface area contributed by atoms with E-state index in [-0.39, 0.29) is 23.5 Å². The molecule has 0 aliphatic rings. The molecule has 0 unspecified atom stereocenters. The second-order valence-corrected chi connectivity index (χ2v) is 9.19. The molecule has 172 valence electrons. The van der Waals surface area contributed by atoms with Crippen LogP contribution < -0.4 is 14.4 Å². The van der Waals surface area contributed by atoms with Gasteiger partial charge in [0.15, 0.2) is 0 Å². The summed E-state index contributed by atoms with van der Waals surface area (Å²) in [5.74, 6) is 0.0639. The number of para-hydroxylation sites is 1. The number of halogens is 1. The topological polar surface area (TPSA) is 88.6 Å². The monoisotopic (exact) mass is 485 g/mol. The molecule has 9 heteroatoms. The van der Waals surface area contributed by atoms with E-state index in [4.69, 9.17) is 16.3 Å². The quantitative estimate of drug-likeness (QED) is 0.429. The lowest BCUT2D eigenvalue weighted by atomic mass is 10.2. The van der Waals surface area contributed by atoms with E-state index in [0.29, 0.717) is 23.2 Å². The Morgan fingerprint density at radius 2 is 1.97 bits per heavy atom. The van der Waals surface area contributed by atoms with Crippen LogP contribution in [0.25, 0.3) is 0 Å². The second kappa shape index (κ2) is 11.0. The van der Waals surface area contributed by atoms with Crippen LogP contribution in [-0.2, 0) is 16.6 Å². The first-order valence-electron chi connectivity index (χ1n) is 10.2. The van der Waals surface area contributed by atoms with E-state index in [9.17, 15) is 13.2 Å². The van der Waals surface area contributed by atoms with Gasteiger partial charge in [-0.05, 0) is 48.9 Å². The van der Waals surface area contributed by atoms with Gasteiger partial charge in [0.05, 0.1) is 28.8 Å². The van der Waals surface area contributed by atoms with Crippen molar-refractivity contribution in [2.45, 2.75) is 18.4 Å². The first kappa shape index (κ1) is 24.3. The van der Waals surface area contributed by atoms with Gasteiger partial charge in [0, 0.05) is 24.4 Å². The number of pyridine rings is 1. The fourth-order valence-electron chi connectivity index (χ4n) is 3.09. The van der Waals surface area contributed by atoms with Gasteiger partial charge < -0.3 is 10.1 Å². The van der Waals surface area contributed by atoms with Gasteiger partial charge in [-0.25, -0.2) is 13.4 Å². The summed E-state index contributed by atoms with van der Waals surface area (Å²) in [5.41, 5.74) is 1.35. The number of sulfonamides is 1. The molecule has 0 aliphatic carbocycles. The first-order chi connectivity index (χ1) is 15.9. The van der Waals surface area contributed by atoms with E-state index in [1.807, 2.05) is 6.92 Å². The SMILES string of the molecule is C=CCN(c1ccccc1Cl)S(=O)(=O)c1cccc(C(=O)NCc2ccnc(OCC)c2)c1. The van der Waals surface area contributed by atoms with Crippen molar-refractivity contribution in [3.63, 3.8) is 0 Å². The van der Waals surface area contributed by atoms with Crippen molar-refractivity contribution >= 4 is 33.2 Å². The Morgan fingerprint density at radius 3 is 2.70 bits per heavy atom. The highest BCUT2D eigenvalue weighted by atomic mass is 35.5. The Labute approximate surface area is 198 Å². The Kier molecular flexibility index (Phi) is 8.08. The third-order valence-corrected chi connectivity index (χ3v) is 6.74. The van der Waals surface area contributed by atoms with Gasteiger partial charge in [-0.1, -0.05) is 35.9 Å². The van der Waals surface area contributed by atoms with Crippen LogP contribution in [0.3, 0.4) is 0 Å². The molecule has 0 spiro atoms. The fourth-order valence-corrected chi connectivity index (χ4v) is 4.88. The Morgan fingerprint density at radius 1 is 1.18 bits per heavy atom. The minimum atomic E-state index is -4.00. The highest BCUT2D eigenvalue weighted by Crippen LogP contribution is 2.30. The minimum Gasteiger partial charge on any atom is -0.478 e. The molecule has 1 amide bonds. The molecule has 2 aromatic carbocycles. The maximum Gasteiger partial charge on any atom is 0.264 e. The van der Waals surface area contributed by atoms with E-state index >= 15 is 0 Å². The lowest BCUT2D eigenvalue weighted by molar-refractivity contribution is 0.0950. The highest BCUT2D eigenvalue weighted by molar-refractivity contribution is 7.92. The fraction of sp³-hybridized carbons (Fsp3) is 0.167. The Bertz CT molecular complexity index is 1250. The standard InChI is InChI=1S/C24H24ClN3O4S/c1-3-14-28(22-11-6-5-10-21(22)25)33(30,31)20-9-7-8-19(16-20)24(29)27-17-18-12-13-26-23(15-18)32-4-2/h3,5-13,15-16H,1,4,14,17H2,2H3,(H,27,29). The summed E-state index contributed by atoms with van der Waals surface area (Å²) in [4.78, 5) is 16.8. The van der Waals surface area contributed by atoms with Crippen LogP contribution in [0.4, 0.5) is 5.69 Å². The molecule has 7 nitrogen and oxygen atoms in total. The average molecular weight is 486 g/mol. The van der Waals surface area contributed by atoms with Crippen LogP contribution in [0.15, 0.2) is 84.4 Å². The van der Waals surface area contributed by atoms with E-state index in [1.165, 1.54) is 24.3 Å². The summed E-state index contributed by atoms with van der Waals surface area (Å²) in [6.45, 7) is 6.26. The van der Waals surface area contributed by atoms with Crippen LogP contribution >= 0.6 is 11.6 Å². The van der Waals surface area contributed by atoms with Crippen molar-refractivity contribution in [2.24, 2.45) is 0 Å². The molecule has 0 atom stereocenters. The van der Waals surface area contributed by atoms with Crippen LogP contribution in [0, 0.1) is 0 Å². The molecule has 0 fully saturated rings. The predicted octanol–water partition coefficient (Wildman–Crippen LogP) is 4.45. The van der Waals surface area contributed by atoms with E-state index in [2.05, 4.69) is 16.9 Å². The number of nitrogens with zero attached hydrogens (tertiary/aromatic N) is 2. The van der Waals surface area contributed by atoms with Gasteiger partial charge in [-0.2, -0.15) is 0 Å². The first-order valence-corrected chi connectivity index (χ1v) is 12.0. The molecule has 1 N–H and O–H groups in total. The molecule has 0 bridgehead atoms. The lowest BCUT2D eigenvalue weighted by Crippen LogP contribution is -2.31. The summed E-state index contributed by atoms with van der Waals surface area (Å²) in [7, 11) is -4.00. The molecular weight excluding hydrogens is 462 g/mol. The maximum atomic E-state index is 13.4. The number of hydrogen-bond acceptors (Lipinski definition) is 5. The van der Waals surface area contributed by atoms with E-state index in [0.717, 1.165) is 9.87 Å². The van der Waals surface area contributed by atoms with Gasteiger partial charge in [0.25, 0.3) is 15.9 Å². The van der Waals surface area contributed by atoms with Gasteiger partial charge >= 0.3 is 0 Å². The van der Waals surface area contributed by atoms with Gasteiger partial charge in [-0.15, -0.1) is 6.58 Å². The summed E-state index contributed by atoms with van der Waals surface area (Å²) in [6.07, 6.45) is 3.07. The van der Waals surface area contributed by atoms with E-state index in [1.54, 1.807) is 48.7 Å². The van der Waals surface area contributed by atoms with Crippen molar-refractivity contribution in [1.82, 2.24) is 10.3 Å².